The fourth-order valence-electron chi connectivity index (χ4n) is 0.860. The molecule has 0 aromatic carbocycles. The van der Waals surface area contributed by atoms with E-state index < -0.39 is 12.0 Å². The van der Waals surface area contributed by atoms with Crippen molar-refractivity contribution >= 4 is 33.7 Å². The molecule has 0 unspecified atom stereocenters. The molecule has 0 spiro atoms. The van der Waals surface area contributed by atoms with Gasteiger partial charge >= 0.3 is 6.09 Å². The Bertz CT molecular complexity index is 397. The highest BCUT2D eigenvalue weighted by atomic mass is 79.9. The summed E-state index contributed by atoms with van der Waals surface area (Å²) in [5.41, 5.74) is 0. The molecule has 16 heavy (non-hydrogen) atoms. The third-order valence-corrected chi connectivity index (χ3v) is 1.96. The van der Waals surface area contributed by atoms with Crippen molar-refractivity contribution in [3.63, 3.8) is 0 Å². The first-order chi connectivity index (χ1) is 7.61. The van der Waals surface area contributed by atoms with Gasteiger partial charge < -0.3 is 15.4 Å². The van der Waals surface area contributed by atoms with Crippen LogP contribution in [0.3, 0.4) is 0 Å². The number of carbonyl (C=O) groups is 2. The quantitative estimate of drug-likeness (QED) is 0.817. The number of hydrogen-bond donors (Lipinski definition) is 2. The molecule has 0 saturated heterocycles. The molecule has 2 N–H and O–H groups in total. The van der Waals surface area contributed by atoms with Gasteiger partial charge in [-0.15, -0.1) is 0 Å². The first-order valence-electron chi connectivity index (χ1n) is 4.38. The summed E-state index contributed by atoms with van der Waals surface area (Å²) in [5, 5.41) is 4.71. The fourth-order valence-corrected chi connectivity index (χ4v) is 1.20. The van der Waals surface area contributed by atoms with Crippen LogP contribution in [-0.4, -0.2) is 30.6 Å². The molecule has 1 aromatic heterocycles. The molecule has 1 aromatic rings. The molecule has 0 aliphatic heterocycles. The lowest BCUT2D eigenvalue weighted by Gasteiger charge is -2.05. The van der Waals surface area contributed by atoms with E-state index in [1.807, 2.05) is 0 Å². The molecular formula is C9H10BrN3O3. The second-order valence-electron chi connectivity index (χ2n) is 2.72. The number of halogens is 1. The number of ether oxygens (including phenoxy) is 1. The predicted molar refractivity (Wildman–Crippen MR) is 61.0 cm³/mol. The smallest absolute Gasteiger partial charge is 0.407 e. The normalized spacial score (nSPS) is 9.38. The van der Waals surface area contributed by atoms with E-state index in [0.717, 1.165) is 0 Å². The van der Waals surface area contributed by atoms with E-state index in [9.17, 15) is 9.59 Å². The van der Waals surface area contributed by atoms with Crippen LogP contribution in [0.2, 0.25) is 0 Å². The Balaban J connectivity index is 2.43. The summed E-state index contributed by atoms with van der Waals surface area (Å²) >= 11 is 3.17. The fraction of sp³-hybridized carbons (Fsp3) is 0.222. The van der Waals surface area contributed by atoms with Gasteiger partial charge in [0.1, 0.15) is 10.4 Å². The van der Waals surface area contributed by atoms with Crippen LogP contribution < -0.4 is 10.6 Å². The van der Waals surface area contributed by atoms with Crippen molar-refractivity contribution < 1.29 is 14.3 Å². The zero-order valence-corrected chi connectivity index (χ0v) is 10.1. The van der Waals surface area contributed by atoms with E-state index in [1.54, 1.807) is 18.2 Å². The van der Waals surface area contributed by atoms with Gasteiger partial charge in [0.05, 0.1) is 0 Å². The molecule has 86 valence electrons. The Hall–Kier alpha value is -1.63. The molecule has 6 nitrogen and oxygen atoms in total. The molecule has 0 atom stereocenters. The van der Waals surface area contributed by atoms with Crippen LogP contribution >= 0.6 is 15.9 Å². The summed E-state index contributed by atoms with van der Waals surface area (Å²) in [7, 11) is 1.41. The molecular weight excluding hydrogens is 278 g/mol. The zero-order valence-electron chi connectivity index (χ0n) is 8.49. The van der Waals surface area contributed by atoms with Gasteiger partial charge in [-0.3, -0.25) is 4.79 Å². The summed E-state index contributed by atoms with van der Waals surface area (Å²) in [6.45, 7) is -0.353. The highest BCUT2D eigenvalue weighted by Crippen LogP contribution is 2.09. The summed E-state index contributed by atoms with van der Waals surface area (Å²) < 4.78 is 5.16. The van der Waals surface area contributed by atoms with Crippen LogP contribution in [0, 0.1) is 0 Å². The zero-order chi connectivity index (χ0) is 12.0. The van der Waals surface area contributed by atoms with Gasteiger partial charge in [0.25, 0.3) is 5.91 Å². The highest BCUT2D eigenvalue weighted by molar-refractivity contribution is 9.10. The van der Waals surface area contributed by atoms with Crippen molar-refractivity contribution in [3.05, 3.63) is 22.8 Å². The molecule has 1 heterocycles. The summed E-state index contributed by atoms with van der Waals surface area (Å²) in [6.07, 6.45) is -0.655. The van der Waals surface area contributed by atoms with Crippen molar-refractivity contribution in [1.82, 2.24) is 10.3 Å². The van der Waals surface area contributed by atoms with E-state index in [1.165, 1.54) is 7.05 Å². The van der Waals surface area contributed by atoms with Crippen LogP contribution in [0.25, 0.3) is 0 Å². The third-order valence-electron chi connectivity index (χ3n) is 1.52. The topological polar surface area (TPSA) is 80.3 Å². The van der Waals surface area contributed by atoms with Gasteiger partial charge in [-0.05, 0) is 28.1 Å². The van der Waals surface area contributed by atoms with Gasteiger partial charge in [0, 0.05) is 7.05 Å². The number of aromatic nitrogens is 1. The first kappa shape index (κ1) is 12.4. The maximum Gasteiger partial charge on any atom is 0.407 e. The number of amides is 2. The predicted octanol–water partition coefficient (Wildman–Crippen LogP) is 1.14. The van der Waals surface area contributed by atoms with Crippen molar-refractivity contribution in [3.8, 4) is 0 Å². The Kier molecular flexibility index (Phi) is 4.71. The van der Waals surface area contributed by atoms with Crippen LogP contribution in [-0.2, 0) is 9.53 Å². The molecule has 0 saturated carbocycles. The van der Waals surface area contributed by atoms with E-state index >= 15 is 0 Å². The maximum absolute atomic E-state index is 11.3. The lowest BCUT2D eigenvalue weighted by Crippen LogP contribution is -2.26. The van der Waals surface area contributed by atoms with Crippen LogP contribution in [0.4, 0.5) is 10.6 Å². The Morgan fingerprint density at radius 2 is 2.25 bits per heavy atom. The standard InChI is InChI=1S/C9H10BrN3O3/c1-11-9(15)16-5-8(14)13-7-4-2-3-6(10)12-7/h2-4H,5H2,1H3,(H,11,15)(H,12,13,14). The molecule has 0 radical (unpaired) electrons. The minimum atomic E-state index is -0.655. The second-order valence-corrected chi connectivity index (χ2v) is 3.53. The lowest BCUT2D eigenvalue weighted by molar-refractivity contribution is -0.118. The highest BCUT2D eigenvalue weighted by Gasteiger charge is 2.06. The van der Waals surface area contributed by atoms with Crippen molar-refractivity contribution in [1.29, 1.82) is 0 Å². The van der Waals surface area contributed by atoms with Crippen LogP contribution in [0.15, 0.2) is 22.8 Å². The van der Waals surface area contributed by atoms with Crippen LogP contribution in [0.5, 0.6) is 0 Å². The molecule has 0 bridgehead atoms. The van der Waals surface area contributed by atoms with E-state index in [-0.39, 0.29) is 6.61 Å². The monoisotopic (exact) mass is 287 g/mol. The largest absolute Gasteiger partial charge is 0.439 e. The number of alkyl carbamates (subject to hydrolysis) is 1. The number of hydrogen-bond acceptors (Lipinski definition) is 4. The van der Waals surface area contributed by atoms with Gasteiger partial charge in [0.2, 0.25) is 0 Å². The summed E-state index contributed by atoms with van der Waals surface area (Å²) in [6, 6.07) is 5.09. The number of carbonyl (C=O) groups excluding carboxylic acids is 2. The van der Waals surface area contributed by atoms with E-state index in [4.69, 9.17) is 0 Å². The molecule has 0 fully saturated rings. The van der Waals surface area contributed by atoms with Crippen LogP contribution in [0.1, 0.15) is 0 Å². The van der Waals surface area contributed by atoms with Gasteiger partial charge in [0.15, 0.2) is 6.61 Å². The number of nitrogens with zero attached hydrogens (tertiary/aromatic N) is 1. The minimum Gasteiger partial charge on any atom is -0.439 e. The molecule has 0 aliphatic carbocycles. The first-order valence-corrected chi connectivity index (χ1v) is 5.18. The summed E-state index contributed by atoms with van der Waals surface area (Å²) in [5.74, 6) is -0.0610. The Morgan fingerprint density at radius 3 is 2.88 bits per heavy atom. The van der Waals surface area contributed by atoms with Gasteiger partial charge in [-0.2, -0.15) is 0 Å². The van der Waals surface area contributed by atoms with Crippen molar-refractivity contribution in [2.75, 3.05) is 19.0 Å². The van der Waals surface area contributed by atoms with Crippen molar-refractivity contribution in [2.24, 2.45) is 0 Å². The molecule has 1 rings (SSSR count). The average Bonchev–Trinajstić information content (AvgIpc) is 2.26. The van der Waals surface area contributed by atoms with E-state index in [2.05, 4.69) is 36.3 Å². The average molecular weight is 288 g/mol. The molecule has 7 heteroatoms. The maximum atomic E-state index is 11.3. The van der Waals surface area contributed by atoms with E-state index in [0.29, 0.717) is 10.4 Å². The number of pyridine rings is 1. The summed E-state index contributed by atoms with van der Waals surface area (Å²) in [4.78, 5) is 25.9. The Morgan fingerprint density at radius 1 is 1.50 bits per heavy atom. The SMILES string of the molecule is CNC(=O)OCC(=O)Nc1cccc(Br)n1. The van der Waals surface area contributed by atoms with Crippen molar-refractivity contribution in [2.45, 2.75) is 0 Å². The Labute approximate surface area is 101 Å². The molecule has 2 amide bonds. The van der Waals surface area contributed by atoms with Gasteiger partial charge in [-0.1, -0.05) is 6.07 Å². The molecule has 0 aliphatic rings. The second kappa shape index (κ2) is 6.06. The number of anilines is 1. The third kappa shape index (κ3) is 4.26. The number of nitrogens with one attached hydrogen (secondary N) is 2. The van der Waals surface area contributed by atoms with Gasteiger partial charge in [-0.25, -0.2) is 9.78 Å². The lowest BCUT2D eigenvalue weighted by atomic mass is 10.4. The minimum absolute atomic E-state index is 0.353. The number of rotatable bonds is 3.